The van der Waals surface area contributed by atoms with E-state index in [9.17, 15) is 4.79 Å². The van der Waals surface area contributed by atoms with Crippen molar-refractivity contribution in [2.75, 3.05) is 39.4 Å². The van der Waals surface area contributed by atoms with Crippen molar-refractivity contribution < 1.29 is 9.53 Å². The smallest absolute Gasteiger partial charge is 0.250 e. The lowest BCUT2D eigenvalue weighted by atomic mass is 10.0. The van der Waals surface area contributed by atoms with Crippen LogP contribution in [0.15, 0.2) is 24.3 Å². The molecule has 3 N–H and O–H groups in total. The lowest BCUT2D eigenvalue weighted by molar-refractivity contribution is -0.118. The zero-order chi connectivity index (χ0) is 14.8. The summed E-state index contributed by atoms with van der Waals surface area (Å²) in [6, 6.07) is 0.255. The Kier molecular flexibility index (Phi) is 8.18. The predicted molar refractivity (Wildman–Crippen MR) is 81.4 cm³/mol. The molecule has 1 rings (SSSR count). The van der Waals surface area contributed by atoms with E-state index in [-0.39, 0.29) is 11.9 Å². The number of ether oxygens (including phenoxy) is 1. The highest BCUT2D eigenvalue weighted by atomic mass is 16.5. The van der Waals surface area contributed by atoms with E-state index in [1.807, 2.05) is 13.0 Å². The number of allylic oxidation sites excluding steroid dienone is 1. The summed E-state index contributed by atoms with van der Waals surface area (Å²) in [4.78, 5) is 14.2. The molecule has 0 radical (unpaired) electrons. The van der Waals surface area contributed by atoms with Crippen LogP contribution in [-0.2, 0) is 9.53 Å². The van der Waals surface area contributed by atoms with E-state index in [4.69, 9.17) is 10.5 Å². The van der Waals surface area contributed by atoms with Crippen LogP contribution in [0.1, 0.15) is 19.8 Å². The van der Waals surface area contributed by atoms with Gasteiger partial charge in [-0.15, -0.1) is 0 Å². The first-order chi connectivity index (χ1) is 9.67. The summed E-state index contributed by atoms with van der Waals surface area (Å²) in [6.07, 6.45) is 5.52. The highest BCUT2D eigenvalue weighted by Crippen LogP contribution is 2.10. The average Bonchev–Trinajstić information content (AvgIpc) is 2.45. The quantitative estimate of drug-likeness (QED) is 0.390. The zero-order valence-electron chi connectivity index (χ0n) is 12.4. The first-order valence-electron chi connectivity index (χ1n) is 7.30. The van der Waals surface area contributed by atoms with Gasteiger partial charge < -0.3 is 20.7 Å². The van der Waals surface area contributed by atoms with Crippen LogP contribution in [0.3, 0.4) is 0 Å². The van der Waals surface area contributed by atoms with Gasteiger partial charge in [-0.1, -0.05) is 18.7 Å². The number of nitrogens with two attached hydrogens (primary N) is 1. The van der Waals surface area contributed by atoms with Crippen molar-refractivity contribution in [1.82, 2.24) is 10.2 Å². The third-order valence-electron chi connectivity index (χ3n) is 3.40. The van der Waals surface area contributed by atoms with E-state index in [0.717, 1.165) is 39.1 Å². The minimum Gasteiger partial charge on any atom is -0.379 e. The average molecular weight is 281 g/mol. The van der Waals surface area contributed by atoms with Gasteiger partial charge in [0.25, 0.3) is 5.91 Å². The molecule has 114 valence electrons. The molecule has 0 bridgehead atoms. The molecule has 1 saturated heterocycles. The predicted octanol–water partition coefficient (Wildman–Crippen LogP) is 0.675. The molecule has 0 spiro atoms. The summed E-state index contributed by atoms with van der Waals surface area (Å²) in [6.45, 7) is 10.5. The number of piperidine rings is 1. The second-order valence-electron chi connectivity index (χ2n) is 5.02. The molecule has 1 amide bonds. The first kappa shape index (κ1) is 16.9. The molecule has 1 aliphatic heterocycles. The molecule has 1 fully saturated rings. The van der Waals surface area contributed by atoms with E-state index < -0.39 is 0 Å². The Bertz CT molecular complexity index is 334. The summed E-state index contributed by atoms with van der Waals surface area (Å²) in [5.41, 5.74) is 5.89. The fourth-order valence-corrected chi connectivity index (χ4v) is 2.23. The van der Waals surface area contributed by atoms with Crippen LogP contribution in [0, 0.1) is 0 Å². The molecule has 0 aromatic carbocycles. The van der Waals surface area contributed by atoms with Gasteiger partial charge in [-0.2, -0.15) is 0 Å². The molecule has 0 unspecified atom stereocenters. The number of hydrogen-bond donors (Lipinski definition) is 2. The standard InChI is InChI=1S/C15H27N3O2/c1-3-4-13(2)15(19)17-14-5-8-18(9-6-14)10-12-20-11-7-16/h3-4,14H,2,5-12,16H2,1H3,(H,17,19)/b4-3+. The molecule has 20 heavy (non-hydrogen) atoms. The minimum atomic E-state index is -0.0622. The van der Waals surface area contributed by atoms with Gasteiger partial charge in [-0.05, 0) is 19.8 Å². The number of carbonyl (C=O) groups excluding carboxylic acids is 1. The fraction of sp³-hybridized carbons (Fsp3) is 0.667. The molecular weight excluding hydrogens is 254 g/mol. The van der Waals surface area contributed by atoms with E-state index in [2.05, 4.69) is 16.8 Å². The highest BCUT2D eigenvalue weighted by molar-refractivity contribution is 5.95. The summed E-state index contributed by atoms with van der Waals surface area (Å²) < 4.78 is 5.38. The van der Waals surface area contributed by atoms with Crippen molar-refractivity contribution in [1.29, 1.82) is 0 Å². The normalized spacial score (nSPS) is 17.5. The highest BCUT2D eigenvalue weighted by Gasteiger charge is 2.20. The third kappa shape index (κ3) is 6.32. The van der Waals surface area contributed by atoms with Gasteiger partial charge in [0.05, 0.1) is 13.2 Å². The number of nitrogens with zero attached hydrogens (tertiary/aromatic N) is 1. The topological polar surface area (TPSA) is 67.6 Å². The number of hydrogen-bond acceptors (Lipinski definition) is 4. The molecule has 5 heteroatoms. The van der Waals surface area contributed by atoms with Gasteiger partial charge in [0.1, 0.15) is 0 Å². The molecule has 0 aliphatic carbocycles. The summed E-state index contributed by atoms with van der Waals surface area (Å²) in [5.74, 6) is -0.0622. The second kappa shape index (κ2) is 9.69. The Morgan fingerprint density at radius 1 is 1.45 bits per heavy atom. The molecule has 5 nitrogen and oxygen atoms in total. The first-order valence-corrected chi connectivity index (χ1v) is 7.30. The fourth-order valence-electron chi connectivity index (χ4n) is 2.23. The Morgan fingerprint density at radius 2 is 2.15 bits per heavy atom. The monoisotopic (exact) mass is 281 g/mol. The third-order valence-corrected chi connectivity index (χ3v) is 3.40. The van der Waals surface area contributed by atoms with Crippen LogP contribution in [0.25, 0.3) is 0 Å². The molecule has 0 aromatic heterocycles. The van der Waals surface area contributed by atoms with Crippen molar-refractivity contribution in [3.05, 3.63) is 24.3 Å². The number of rotatable bonds is 8. The minimum absolute atomic E-state index is 0.0622. The van der Waals surface area contributed by atoms with Crippen molar-refractivity contribution in [2.45, 2.75) is 25.8 Å². The SMILES string of the molecule is C=C(/C=C/C)C(=O)NC1CCN(CCOCCN)CC1. The summed E-state index contributed by atoms with van der Waals surface area (Å²) in [5, 5.41) is 3.04. The Hall–Kier alpha value is -1.17. The van der Waals surface area contributed by atoms with Crippen molar-refractivity contribution >= 4 is 5.91 Å². The number of carbonyl (C=O) groups is 1. The van der Waals surface area contributed by atoms with Crippen LogP contribution in [0.2, 0.25) is 0 Å². The van der Waals surface area contributed by atoms with Gasteiger partial charge in [-0.25, -0.2) is 0 Å². The van der Waals surface area contributed by atoms with Crippen molar-refractivity contribution in [3.63, 3.8) is 0 Å². The molecule has 0 saturated carbocycles. The Labute approximate surface area is 121 Å². The van der Waals surface area contributed by atoms with Gasteiger partial charge in [0.15, 0.2) is 0 Å². The van der Waals surface area contributed by atoms with Crippen LogP contribution in [0.5, 0.6) is 0 Å². The molecule has 1 aliphatic rings. The maximum atomic E-state index is 11.8. The molecular formula is C15H27N3O2. The summed E-state index contributed by atoms with van der Waals surface area (Å²) >= 11 is 0. The van der Waals surface area contributed by atoms with Crippen LogP contribution in [-0.4, -0.2) is 56.2 Å². The number of amides is 1. The van der Waals surface area contributed by atoms with Gasteiger partial charge in [-0.3, -0.25) is 4.79 Å². The molecule has 1 heterocycles. The maximum Gasteiger partial charge on any atom is 0.250 e. The van der Waals surface area contributed by atoms with E-state index >= 15 is 0 Å². The second-order valence-corrected chi connectivity index (χ2v) is 5.02. The molecule has 0 aromatic rings. The van der Waals surface area contributed by atoms with Crippen molar-refractivity contribution in [2.24, 2.45) is 5.73 Å². The Balaban J connectivity index is 2.18. The van der Waals surface area contributed by atoms with Gasteiger partial charge in [0, 0.05) is 37.8 Å². The van der Waals surface area contributed by atoms with Crippen molar-refractivity contribution in [3.8, 4) is 0 Å². The maximum absolute atomic E-state index is 11.8. The number of nitrogens with one attached hydrogen (secondary N) is 1. The van der Waals surface area contributed by atoms with Gasteiger partial charge in [0.2, 0.25) is 0 Å². The van der Waals surface area contributed by atoms with Crippen LogP contribution in [0.4, 0.5) is 0 Å². The Morgan fingerprint density at radius 3 is 2.75 bits per heavy atom. The van der Waals surface area contributed by atoms with E-state index in [1.165, 1.54) is 0 Å². The van der Waals surface area contributed by atoms with Gasteiger partial charge >= 0.3 is 0 Å². The lowest BCUT2D eigenvalue weighted by Crippen LogP contribution is -2.45. The van der Waals surface area contributed by atoms with E-state index in [1.54, 1.807) is 6.08 Å². The largest absolute Gasteiger partial charge is 0.379 e. The van der Waals surface area contributed by atoms with E-state index in [0.29, 0.717) is 18.7 Å². The zero-order valence-corrected chi connectivity index (χ0v) is 12.4. The number of likely N-dealkylation sites (tertiary alicyclic amines) is 1. The summed E-state index contributed by atoms with van der Waals surface area (Å²) in [7, 11) is 0. The van der Waals surface area contributed by atoms with Crippen LogP contribution < -0.4 is 11.1 Å². The lowest BCUT2D eigenvalue weighted by Gasteiger charge is -2.32. The molecule has 0 atom stereocenters. The van der Waals surface area contributed by atoms with Crippen LogP contribution >= 0.6 is 0 Å².